The van der Waals surface area contributed by atoms with Crippen molar-refractivity contribution in [3.05, 3.63) is 23.6 Å². The molecule has 2 aromatic heterocycles. The highest BCUT2D eigenvalue weighted by molar-refractivity contribution is 7.14. The van der Waals surface area contributed by atoms with E-state index in [1.165, 1.54) is 50.3 Å². The van der Waals surface area contributed by atoms with Gasteiger partial charge in [-0.3, -0.25) is 0 Å². The second kappa shape index (κ2) is 13.1. The number of ether oxygens (including phenoxy) is 2. The summed E-state index contributed by atoms with van der Waals surface area (Å²) in [4.78, 5) is 1.10. The van der Waals surface area contributed by atoms with Gasteiger partial charge >= 0.3 is 0 Å². The molecule has 2 unspecified atom stereocenters. The summed E-state index contributed by atoms with van der Waals surface area (Å²) in [6, 6.07) is 6.19. The molecule has 0 fully saturated rings. The largest absolute Gasteiger partial charge is 0.489 e. The quantitative estimate of drug-likeness (QED) is 0.221. The van der Waals surface area contributed by atoms with Gasteiger partial charge in [-0.2, -0.15) is 8.75 Å². The Morgan fingerprint density at radius 2 is 1.56 bits per heavy atom. The fourth-order valence-electron chi connectivity index (χ4n) is 3.95. The molecule has 4 nitrogen and oxygen atoms in total. The smallest absolute Gasteiger partial charge is 0.179 e. The van der Waals surface area contributed by atoms with E-state index in [1.807, 2.05) is 6.07 Å². The molecule has 3 aromatic rings. The van der Waals surface area contributed by atoms with Crippen molar-refractivity contribution in [3.63, 3.8) is 0 Å². The summed E-state index contributed by atoms with van der Waals surface area (Å²) in [6.07, 6.45) is 9.68. The molecule has 3 rings (SSSR count). The van der Waals surface area contributed by atoms with Crippen LogP contribution in [-0.2, 0) is 0 Å². The lowest BCUT2D eigenvalue weighted by Gasteiger charge is -2.19. The second-order valence-corrected chi connectivity index (χ2v) is 10.1. The molecule has 176 valence electrons. The van der Waals surface area contributed by atoms with Crippen molar-refractivity contribution in [2.75, 3.05) is 13.2 Å². The van der Waals surface area contributed by atoms with Crippen LogP contribution in [0.2, 0.25) is 0 Å². The van der Waals surface area contributed by atoms with Gasteiger partial charge in [0.05, 0.1) is 29.8 Å². The highest BCUT2D eigenvalue weighted by Gasteiger charge is 2.21. The number of hydrogen-bond donors (Lipinski definition) is 0. The lowest BCUT2D eigenvalue weighted by atomic mass is 10.0. The van der Waals surface area contributed by atoms with Crippen LogP contribution in [0.5, 0.6) is 11.5 Å². The van der Waals surface area contributed by atoms with Crippen LogP contribution in [-0.4, -0.2) is 22.0 Å². The topological polar surface area (TPSA) is 44.2 Å². The number of benzene rings is 1. The van der Waals surface area contributed by atoms with E-state index in [-0.39, 0.29) is 0 Å². The molecular formula is C26H38N2O2S2. The summed E-state index contributed by atoms with van der Waals surface area (Å²) in [7, 11) is 0. The van der Waals surface area contributed by atoms with Crippen LogP contribution in [0.3, 0.4) is 0 Å². The first-order valence-electron chi connectivity index (χ1n) is 12.3. The normalized spacial score (nSPS) is 13.4. The number of thiophene rings is 1. The molecule has 6 heteroatoms. The summed E-state index contributed by atoms with van der Waals surface area (Å²) in [6.45, 7) is 10.5. The Morgan fingerprint density at radius 1 is 0.875 bits per heavy atom. The average molecular weight is 475 g/mol. The van der Waals surface area contributed by atoms with Crippen LogP contribution in [0, 0.1) is 11.8 Å². The number of rotatable bonds is 15. The molecule has 0 bridgehead atoms. The molecule has 0 saturated heterocycles. The van der Waals surface area contributed by atoms with E-state index in [2.05, 4.69) is 54.0 Å². The number of nitrogens with zero attached hydrogens (tertiary/aromatic N) is 2. The van der Waals surface area contributed by atoms with Crippen LogP contribution < -0.4 is 9.47 Å². The van der Waals surface area contributed by atoms with Gasteiger partial charge in [-0.05, 0) is 30.7 Å². The zero-order chi connectivity index (χ0) is 22.8. The third kappa shape index (κ3) is 6.44. The lowest BCUT2D eigenvalue weighted by molar-refractivity contribution is 0.201. The minimum atomic E-state index is 0.570. The van der Waals surface area contributed by atoms with E-state index in [1.54, 1.807) is 11.3 Å². The maximum absolute atomic E-state index is 6.53. The molecule has 0 saturated carbocycles. The van der Waals surface area contributed by atoms with Gasteiger partial charge in [-0.15, -0.1) is 11.3 Å². The van der Waals surface area contributed by atoms with Crippen molar-refractivity contribution < 1.29 is 9.47 Å². The maximum Gasteiger partial charge on any atom is 0.179 e. The highest BCUT2D eigenvalue weighted by Crippen LogP contribution is 2.46. The summed E-state index contributed by atoms with van der Waals surface area (Å²) in [5, 5.41) is 2.11. The van der Waals surface area contributed by atoms with Gasteiger partial charge in [0.15, 0.2) is 11.5 Å². The van der Waals surface area contributed by atoms with Crippen molar-refractivity contribution in [2.45, 2.75) is 79.1 Å². The zero-order valence-electron chi connectivity index (χ0n) is 20.1. The predicted octanol–water partition coefficient (Wildman–Crippen LogP) is 8.61. The van der Waals surface area contributed by atoms with Crippen molar-refractivity contribution in [1.29, 1.82) is 0 Å². The minimum Gasteiger partial charge on any atom is -0.489 e. The number of hydrogen-bond acceptors (Lipinski definition) is 6. The number of unbranched alkanes of at least 4 members (excludes halogenated alkanes) is 2. The molecule has 0 aliphatic heterocycles. The third-order valence-electron chi connectivity index (χ3n) is 6.27. The third-order valence-corrected chi connectivity index (χ3v) is 7.78. The predicted molar refractivity (Wildman–Crippen MR) is 138 cm³/mol. The molecule has 32 heavy (non-hydrogen) atoms. The molecular weight excluding hydrogens is 436 g/mol. The highest BCUT2D eigenvalue weighted by atomic mass is 32.1. The number of fused-ring (bicyclic) bond motifs is 1. The van der Waals surface area contributed by atoms with Crippen LogP contribution in [0.1, 0.15) is 79.1 Å². The van der Waals surface area contributed by atoms with Gasteiger partial charge in [-0.1, -0.05) is 78.4 Å². The monoisotopic (exact) mass is 474 g/mol. The van der Waals surface area contributed by atoms with E-state index in [0.29, 0.717) is 11.8 Å². The van der Waals surface area contributed by atoms with E-state index in [0.717, 1.165) is 59.0 Å². The fraction of sp³-hybridized carbons (Fsp3) is 0.615. The second-order valence-electron chi connectivity index (χ2n) is 8.65. The van der Waals surface area contributed by atoms with Gasteiger partial charge < -0.3 is 9.47 Å². The van der Waals surface area contributed by atoms with Gasteiger partial charge in [0.1, 0.15) is 11.0 Å². The van der Waals surface area contributed by atoms with Gasteiger partial charge in [0.25, 0.3) is 0 Å². The number of aromatic nitrogens is 2. The van der Waals surface area contributed by atoms with Gasteiger partial charge in [0, 0.05) is 10.9 Å². The van der Waals surface area contributed by atoms with E-state index in [4.69, 9.17) is 9.47 Å². The molecule has 0 spiro atoms. The van der Waals surface area contributed by atoms with Crippen LogP contribution in [0.4, 0.5) is 0 Å². The van der Waals surface area contributed by atoms with Gasteiger partial charge in [-0.25, -0.2) is 0 Å². The summed E-state index contributed by atoms with van der Waals surface area (Å²) in [5.41, 5.74) is 2.98. The molecule has 0 N–H and O–H groups in total. The Bertz CT molecular complexity index is 937. The molecule has 2 atom stereocenters. The molecule has 0 aliphatic carbocycles. The first kappa shape index (κ1) is 25.0. The van der Waals surface area contributed by atoms with E-state index >= 15 is 0 Å². The lowest BCUT2D eigenvalue weighted by Crippen LogP contribution is -2.14. The maximum atomic E-state index is 6.53. The Balaban J connectivity index is 1.85. The van der Waals surface area contributed by atoms with Crippen molar-refractivity contribution in [1.82, 2.24) is 8.75 Å². The standard InChI is InChI=1S/C26H38N2O2S2/c1-5-9-12-19(7-3)16-29-23-18-31-26(21-14-11-15-22-24(21)28-32-27-22)25(23)30-17-20(8-4)13-10-6-2/h11,14-15,18-20H,5-10,12-13,16-17H2,1-4H3. The van der Waals surface area contributed by atoms with Gasteiger partial charge in [0.2, 0.25) is 0 Å². The Morgan fingerprint density at radius 3 is 2.22 bits per heavy atom. The van der Waals surface area contributed by atoms with E-state index < -0.39 is 0 Å². The zero-order valence-corrected chi connectivity index (χ0v) is 21.7. The van der Waals surface area contributed by atoms with Crippen molar-refractivity contribution >= 4 is 34.1 Å². The molecule has 0 amide bonds. The molecule has 0 aliphatic rings. The first-order valence-corrected chi connectivity index (χ1v) is 13.9. The Hall–Kier alpha value is -1.66. The molecule has 0 radical (unpaired) electrons. The Kier molecular flexibility index (Phi) is 10.3. The van der Waals surface area contributed by atoms with Crippen molar-refractivity contribution in [2.24, 2.45) is 11.8 Å². The van der Waals surface area contributed by atoms with Crippen LogP contribution >= 0.6 is 23.1 Å². The summed E-state index contributed by atoms with van der Waals surface area (Å²) < 4.78 is 21.9. The fourth-order valence-corrected chi connectivity index (χ4v) is 5.46. The van der Waals surface area contributed by atoms with Crippen LogP contribution in [0.25, 0.3) is 21.5 Å². The summed E-state index contributed by atoms with van der Waals surface area (Å²) >= 11 is 2.95. The molecule has 1 aromatic carbocycles. The first-order chi connectivity index (χ1) is 15.7. The average Bonchev–Trinajstić information content (AvgIpc) is 3.46. The van der Waals surface area contributed by atoms with E-state index in [9.17, 15) is 0 Å². The Labute approximate surface area is 201 Å². The van der Waals surface area contributed by atoms with Crippen molar-refractivity contribution in [3.8, 4) is 21.9 Å². The minimum absolute atomic E-state index is 0.570. The van der Waals surface area contributed by atoms with Crippen LogP contribution in [0.15, 0.2) is 23.6 Å². The molecule has 2 heterocycles. The summed E-state index contributed by atoms with van der Waals surface area (Å²) in [5.74, 6) is 2.92. The SMILES string of the molecule is CCCCC(CC)COc1csc(-c2cccc3nsnc23)c1OCC(CC)CCCC.